The van der Waals surface area contributed by atoms with Crippen LogP contribution in [-0.4, -0.2) is 21.1 Å². The molecule has 0 atom stereocenters. The number of nitrogens with zero attached hydrogens (tertiary/aromatic N) is 2. The lowest BCUT2D eigenvalue weighted by molar-refractivity contribution is -0.384. The Labute approximate surface area is 161 Å². The van der Waals surface area contributed by atoms with E-state index in [1.54, 1.807) is 25.1 Å². The molecule has 0 saturated carbocycles. The topological polar surface area (TPSA) is 105 Å². The molecule has 2 N–H and O–H groups in total. The summed E-state index contributed by atoms with van der Waals surface area (Å²) in [6.45, 7) is 1.71. The van der Waals surface area contributed by atoms with Crippen LogP contribution in [0.4, 0.5) is 11.4 Å². The molecule has 1 aliphatic heterocycles. The van der Waals surface area contributed by atoms with E-state index >= 15 is 0 Å². The summed E-state index contributed by atoms with van der Waals surface area (Å²) in [4.78, 5) is 27.2. The monoisotopic (exact) mass is 433 g/mol. The molecule has 2 aromatic rings. The van der Waals surface area contributed by atoms with E-state index in [-0.39, 0.29) is 17.3 Å². The summed E-state index contributed by atoms with van der Waals surface area (Å²) >= 11 is 4.45. The number of carbonyl (C=O) groups excluding carboxylic acids is 1. The Hall–Kier alpha value is -2.65. The lowest BCUT2D eigenvalue weighted by Gasteiger charge is -2.01. The van der Waals surface area contributed by atoms with Crippen molar-refractivity contribution in [3.05, 3.63) is 67.0 Å². The minimum absolute atomic E-state index is 0.0136. The number of aryl methyl sites for hydroxylation is 1. The lowest BCUT2D eigenvalue weighted by atomic mass is 10.2. The molecule has 26 heavy (non-hydrogen) atoms. The number of thioether (sulfide) groups is 1. The lowest BCUT2D eigenvalue weighted by Crippen LogP contribution is -2.19. The van der Waals surface area contributed by atoms with Crippen LogP contribution in [0.1, 0.15) is 11.1 Å². The van der Waals surface area contributed by atoms with Gasteiger partial charge in [0.15, 0.2) is 5.17 Å². The molecule has 0 aromatic heterocycles. The average Bonchev–Trinajstić information content (AvgIpc) is 2.92. The number of phenolic OH excluding ortho intramolecular Hbond substituents is 1. The Balaban J connectivity index is 1.88. The van der Waals surface area contributed by atoms with Crippen LogP contribution in [0.3, 0.4) is 0 Å². The smallest absolute Gasteiger partial charge is 0.269 e. The molecule has 0 aliphatic carbocycles. The number of non-ortho nitro benzene ring substituents is 1. The quantitative estimate of drug-likeness (QED) is 0.427. The Morgan fingerprint density at radius 2 is 2.08 bits per heavy atom. The third kappa shape index (κ3) is 3.94. The second kappa shape index (κ2) is 7.30. The van der Waals surface area contributed by atoms with Crippen LogP contribution in [0.5, 0.6) is 5.75 Å². The molecule has 132 valence electrons. The molecule has 0 spiro atoms. The highest BCUT2D eigenvalue weighted by molar-refractivity contribution is 9.10. The van der Waals surface area contributed by atoms with E-state index in [1.807, 2.05) is 0 Å². The molecular formula is C17H12BrN3O4S. The van der Waals surface area contributed by atoms with Crippen LogP contribution in [0.2, 0.25) is 0 Å². The maximum Gasteiger partial charge on any atom is 0.269 e. The van der Waals surface area contributed by atoms with Gasteiger partial charge in [0.2, 0.25) is 0 Å². The van der Waals surface area contributed by atoms with Gasteiger partial charge >= 0.3 is 0 Å². The highest BCUT2D eigenvalue weighted by Crippen LogP contribution is 2.32. The number of nitro benzene ring substituents is 1. The zero-order valence-electron chi connectivity index (χ0n) is 13.4. The van der Waals surface area contributed by atoms with Gasteiger partial charge in [-0.2, -0.15) is 0 Å². The van der Waals surface area contributed by atoms with Crippen molar-refractivity contribution in [1.29, 1.82) is 0 Å². The number of phenols is 1. The molecule has 1 amide bonds. The summed E-state index contributed by atoms with van der Waals surface area (Å²) in [7, 11) is 0. The first-order valence-electron chi connectivity index (χ1n) is 7.36. The van der Waals surface area contributed by atoms with E-state index in [4.69, 9.17) is 0 Å². The second-order valence-electron chi connectivity index (χ2n) is 5.41. The standard InChI is InChI=1S/C17H12BrN3O4S/c1-9-6-12(21(24)25)3-4-13(9)19-17-20-16(23)15(26-17)8-10-7-11(18)2-5-14(10)22/h2-8,22H,1H3,(H,19,20,23)/b15-8+. The SMILES string of the molecule is Cc1cc([N+](=O)[O-])ccc1N=C1NC(=O)/C(=C\c2cc(Br)ccc2O)S1. The fourth-order valence-corrected chi connectivity index (χ4v) is 3.46. The third-order valence-electron chi connectivity index (χ3n) is 3.54. The van der Waals surface area contributed by atoms with Gasteiger partial charge in [-0.25, -0.2) is 4.99 Å². The van der Waals surface area contributed by atoms with Gasteiger partial charge in [0.05, 0.1) is 15.5 Å². The van der Waals surface area contributed by atoms with Crippen molar-refractivity contribution in [3.8, 4) is 5.75 Å². The molecule has 7 nitrogen and oxygen atoms in total. The Bertz CT molecular complexity index is 988. The van der Waals surface area contributed by atoms with E-state index in [1.165, 1.54) is 24.3 Å². The number of hydrogen-bond acceptors (Lipinski definition) is 6. The fraction of sp³-hybridized carbons (Fsp3) is 0.0588. The maximum absolute atomic E-state index is 12.1. The number of carbonyl (C=O) groups is 1. The van der Waals surface area contributed by atoms with Gasteiger partial charge in [-0.3, -0.25) is 14.9 Å². The van der Waals surface area contributed by atoms with Gasteiger partial charge < -0.3 is 10.4 Å². The van der Waals surface area contributed by atoms with Crippen molar-refractivity contribution in [2.24, 2.45) is 4.99 Å². The summed E-state index contributed by atoms with van der Waals surface area (Å²) in [5, 5.41) is 23.7. The fourth-order valence-electron chi connectivity index (χ4n) is 2.25. The second-order valence-corrected chi connectivity index (χ2v) is 7.36. The number of nitro groups is 1. The van der Waals surface area contributed by atoms with Crippen LogP contribution >= 0.6 is 27.7 Å². The van der Waals surface area contributed by atoms with E-state index in [0.717, 1.165) is 16.2 Å². The number of nitrogens with one attached hydrogen (secondary N) is 1. The van der Waals surface area contributed by atoms with Crippen molar-refractivity contribution in [2.45, 2.75) is 6.92 Å². The molecule has 0 radical (unpaired) electrons. The Kier molecular flexibility index (Phi) is 5.10. The van der Waals surface area contributed by atoms with Crippen LogP contribution < -0.4 is 5.32 Å². The number of rotatable bonds is 3. The summed E-state index contributed by atoms with van der Waals surface area (Å²) in [6, 6.07) is 9.26. The van der Waals surface area contributed by atoms with Crippen LogP contribution in [-0.2, 0) is 4.79 Å². The minimum Gasteiger partial charge on any atom is -0.507 e. The summed E-state index contributed by atoms with van der Waals surface area (Å²) in [5.74, 6) is -0.265. The first-order valence-corrected chi connectivity index (χ1v) is 8.97. The van der Waals surface area contributed by atoms with Gasteiger partial charge in [-0.1, -0.05) is 15.9 Å². The predicted octanol–water partition coefficient (Wildman–Crippen LogP) is 4.26. The highest BCUT2D eigenvalue weighted by atomic mass is 79.9. The minimum atomic E-state index is -0.471. The molecule has 9 heteroatoms. The zero-order chi connectivity index (χ0) is 18.8. The average molecular weight is 434 g/mol. The van der Waals surface area contributed by atoms with Gasteiger partial charge in [-0.05, 0) is 54.6 Å². The zero-order valence-corrected chi connectivity index (χ0v) is 15.8. The third-order valence-corrected chi connectivity index (χ3v) is 4.94. The van der Waals surface area contributed by atoms with Crippen molar-refractivity contribution in [3.63, 3.8) is 0 Å². The van der Waals surface area contributed by atoms with Crippen molar-refractivity contribution < 1.29 is 14.8 Å². The number of aliphatic imine (C=N–C) groups is 1. The van der Waals surface area contributed by atoms with Crippen LogP contribution in [0.25, 0.3) is 6.08 Å². The summed E-state index contributed by atoms with van der Waals surface area (Å²) < 4.78 is 0.779. The van der Waals surface area contributed by atoms with Crippen molar-refractivity contribution >= 4 is 56.2 Å². The Morgan fingerprint density at radius 3 is 2.77 bits per heavy atom. The van der Waals surface area contributed by atoms with Crippen molar-refractivity contribution in [2.75, 3.05) is 0 Å². The van der Waals surface area contributed by atoms with Gasteiger partial charge in [0.25, 0.3) is 11.6 Å². The molecule has 2 aromatic carbocycles. The summed E-state index contributed by atoms with van der Waals surface area (Å²) in [6.07, 6.45) is 1.57. The van der Waals surface area contributed by atoms with Crippen LogP contribution in [0.15, 0.2) is 50.8 Å². The van der Waals surface area contributed by atoms with E-state index in [9.17, 15) is 20.0 Å². The highest BCUT2D eigenvalue weighted by Gasteiger charge is 2.24. The molecule has 1 aliphatic rings. The van der Waals surface area contributed by atoms with Gasteiger partial charge in [0, 0.05) is 22.2 Å². The molecule has 1 saturated heterocycles. The number of hydrogen-bond donors (Lipinski definition) is 2. The van der Waals surface area contributed by atoms with Gasteiger partial charge in [-0.15, -0.1) is 0 Å². The first-order chi connectivity index (χ1) is 12.3. The van der Waals surface area contributed by atoms with Gasteiger partial charge in [0.1, 0.15) is 5.75 Å². The molecule has 3 rings (SSSR count). The van der Waals surface area contributed by atoms with E-state index in [0.29, 0.717) is 26.9 Å². The molecule has 1 fully saturated rings. The van der Waals surface area contributed by atoms with E-state index in [2.05, 4.69) is 26.2 Å². The number of amides is 1. The predicted molar refractivity (Wildman–Crippen MR) is 104 cm³/mol. The number of benzene rings is 2. The number of aromatic hydroxyl groups is 1. The number of halogens is 1. The maximum atomic E-state index is 12.1. The number of amidine groups is 1. The molecular weight excluding hydrogens is 422 g/mol. The largest absolute Gasteiger partial charge is 0.507 e. The molecule has 0 bridgehead atoms. The Morgan fingerprint density at radius 1 is 1.31 bits per heavy atom. The van der Waals surface area contributed by atoms with E-state index < -0.39 is 4.92 Å². The molecule has 1 heterocycles. The molecule has 0 unspecified atom stereocenters. The summed E-state index contributed by atoms with van der Waals surface area (Å²) in [5.41, 5.74) is 1.65. The normalized spacial score (nSPS) is 16.9. The van der Waals surface area contributed by atoms with Crippen molar-refractivity contribution in [1.82, 2.24) is 5.32 Å². The first kappa shape index (κ1) is 18.2. The van der Waals surface area contributed by atoms with Crippen LogP contribution in [0, 0.1) is 17.0 Å².